The van der Waals surface area contributed by atoms with Gasteiger partial charge in [-0.1, -0.05) is 142 Å². The zero-order valence-electron chi connectivity index (χ0n) is 50.7. The summed E-state index contributed by atoms with van der Waals surface area (Å²) in [6.45, 7) is 28.2. The van der Waals surface area contributed by atoms with Crippen LogP contribution in [-0.2, 0) is 4.74 Å². The van der Waals surface area contributed by atoms with Gasteiger partial charge in [-0.2, -0.15) is 0 Å². The van der Waals surface area contributed by atoms with E-state index in [1.54, 1.807) is 0 Å². The fraction of sp³-hybridized carbons (Fsp3) is 1.00. The first kappa shape index (κ1) is 89.9. The van der Waals surface area contributed by atoms with Crippen molar-refractivity contribution in [2.24, 2.45) is 11.8 Å². The maximum atomic E-state index is 5.01. The van der Waals surface area contributed by atoms with Gasteiger partial charge in [0.15, 0.2) is 0 Å². The second kappa shape index (κ2) is 69.9. The summed E-state index contributed by atoms with van der Waals surface area (Å²) >= 11 is 0. The van der Waals surface area contributed by atoms with Crippen molar-refractivity contribution in [1.29, 1.82) is 0 Å². The fourth-order valence-electron chi connectivity index (χ4n) is 11.9. The molecule has 512 valence electrons. The van der Waals surface area contributed by atoms with Crippen LogP contribution in [-0.4, -0.2) is 181 Å². The van der Waals surface area contributed by atoms with Crippen molar-refractivity contribution >= 4 is 0 Å². The van der Waals surface area contributed by atoms with Gasteiger partial charge in [0.05, 0.1) is 13.2 Å². The Labute approximate surface area is 528 Å². The second-order valence-corrected chi connectivity index (χ2v) is 24.4. The summed E-state index contributed by atoms with van der Waals surface area (Å²) in [5, 5.41) is 43.1. The van der Waals surface area contributed by atoms with Gasteiger partial charge >= 0.3 is 0 Å². The van der Waals surface area contributed by atoms with Crippen molar-refractivity contribution in [2.45, 2.75) is 288 Å². The standard InChI is InChI=1S/C8H15N.C7H13N.2C6H13N.C6H12.C5H12N2.C5H9N.C5H11N.C4H10N2.C4H9NO.C4H9N.C3H7N.7CH4/c1-3-7-5-2-6-8(4-1)9-7;1-2-6-4-5-7(3-1)8-6;2*1-2-4-6-7-5-3-1;1-2-4-6-5-3-1;1-2-6-4-5-7-3-1;1-4-2-6-3-5(1)4;1-2-4-6-5-3-1;1-2-6-4-3-5-1;1-3-6-4-2-5-1;1-2-4-5-3-1;1-2-4-3-1;;;;;;;/h7-9H,1-6H2;6-8H,1-5H2;2*7H,1-6H2;1-6H2;6-7H,1-5H2;4-6H,1-3H2;6H,1-5H2;5-6H,1-4H2;5H,1-4H2;5H,1-4H2;4H,1-3H2;7*1H4. The first-order chi connectivity index (χ1) is 38.4. The third kappa shape index (κ3) is 56.7. The van der Waals surface area contributed by atoms with Gasteiger partial charge in [0.2, 0.25) is 0 Å². The average molecular weight is 1200 g/mol. The van der Waals surface area contributed by atoms with Gasteiger partial charge in [-0.25, -0.2) is 0 Å². The Balaban J connectivity index is -0.000000414. The molecule has 84 heavy (non-hydrogen) atoms. The van der Waals surface area contributed by atoms with Crippen molar-refractivity contribution in [3.05, 3.63) is 0 Å². The Kier molecular flexibility index (Phi) is 74.8. The van der Waals surface area contributed by atoms with Crippen LogP contribution in [0.25, 0.3) is 0 Å². The highest BCUT2D eigenvalue weighted by Gasteiger charge is 2.40. The Hall–Kier alpha value is -0.560. The molecule has 0 amide bonds. The number of piperazine rings is 1. The Bertz CT molecular complexity index is 949. The van der Waals surface area contributed by atoms with E-state index in [9.17, 15) is 0 Å². The Morgan fingerprint density at radius 3 is 0.607 bits per heavy atom. The topological polar surface area (TPSA) is 166 Å². The first-order valence-electron chi connectivity index (χ1n) is 34.2. The third-order valence-electron chi connectivity index (χ3n) is 17.3. The van der Waals surface area contributed by atoms with E-state index < -0.39 is 0 Å². The number of hydrogen-bond donors (Lipinski definition) is 13. The molecular weight excluding hydrogens is 1040 g/mol. The lowest BCUT2D eigenvalue weighted by Crippen LogP contribution is -2.45. The molecule has 15 aliphatic rings. The number of hydrogen-bond acceptors (Lipinski definition) is 14. The van der Waals surface area contributed by atoms with E-state index >= 15 is 0 Å². The van der Waals surface area contributed by atoms with Gasteiger partial charge in [-0.3, -0.25) is 0 Å². The largest absolute Gasteiger partial charge is 0.379 e. The Morgan fingerprint density at radius 1 is 0.190 bits per heavy atom. The van der Waals surface area contributed by atoms with E-state index in [0.29, 0.717) is 0 Å². The van der Waals surface area contributed by atoms with Crippen LogP contribution >= 0.6 is 0 Å². The molecule has 0 aromatic heterocycles. The molecule has 0 aromatic rings. The second-order valence-electron chi connectivity index (χ2n) is 24.4. The third-order valence-corrected chi connectivity index (χ3v) is 17.3. The van der Waals surface area contributed by atoms with Crippen LogP contribution in [0.5, 0.6) is 0 Å². The van der Waals surface area contributed by atoms with Gasteiger partial charge < -0.3 is 73.9 Å². The zero-order chi connectivity index (χ0) is 53.7. The number of ether oxygens (including phenoxy) is 1. The van der Waals surface area contributed by atoms with Crippen LogP contribution in [0.2, 0.25) is 0 Å². The van der Waals surface area contributed by atoms with E-state index in [1.807, 2.05) is 0 Å². The number of rotatable bonds is 0. The summed E-state index contributed by atoms with van der Waals surface area (Å²) in [7, 11) is 0. The number of piperidine rings is 5. The molecule has 13 N–H and O–H groups in total. The van der Waals surface area contributed by atoms with Crippen LogP contribution in [0, 0.1) is 11.8 Å². The Morgan fingerprint density at radius 2 is 0.405 bits per heavy atom. The van der Waals surface area contributed by atoms with E-state index in [0.717, 1.165) is 102 Å². The molecule has 4 atom stereocenters. The van der Waals surface area contributed by atoms with E-state index in [-0.39, 0.29) is 52.0 Å². The summed E-state index contributed by atoms with van der Waals surface area (Å²) in [4.78, 5) is 0. The highest BCUT2D eigenvalue weighted by Crippen LogP contribution is 2.40. The van der Waals surface area contributed by atoms with E-state index in [1.165, 1.54) is 304 Å². The number of morpholine rings is 1. The van der Waals surface area contributed by atoms with Crippen LogP contribution in [0.4, 0.5) is 0 Å². The molecule has 2 aliphatic carbocycles. The van der Waals surface area contributed by atoms with Crippen molar-refractivity contribution in [1.82, 2.24) is 69.1 Å². The van der Waals surface area contributed by atoms with Crippen LogP contribution in [0.1, 0.15) is 264 Å². The average Bonchev–Trinajstić information content (AvgIpc) is 4.23. The summed E-state index contributed by atoms with van der Waals surface area (Å²) in [5.74, 6) is 2.20. The molecular formula is C70H161N13O. The lowest BCUT2D eigenvalue weighted by atomic mass is 9.87. The molecule has 4 bridgehead atoms. The molecule has 0 radical (unpaired) electrons. The summed E-state index contributed by atoms with van der Waals surface area (Å²) in [6.07, 6.45) is 47.5. The summed E-state index contributed by atoms with van der Waals surface area (Å²) in [5.41, 5.74) is 0. The predicted molar refractivity (Wildman–Crippen MR) is 380 cm³/mol. The van der Waals surface area contributed by atoms with Crippen molar-refractivity contribution < 1.29 is 4.74 Å². The molecule has 0 aromatic carbocycles. The molecule has 14 nitrogen and oxygen atoms in total. The van der Waals surface area contributed by atoms with Crippen molar-refractivity contribution in [2.75, 3.05) is 157 Å². The minimum absolute atomic E-state index is 0. The molecule has 15 fully saturated rings. The van der Waals surface area contributed by atoms with E-state index in [4.69, 9.17) is 4.74 Å². The van der Waals surface area contributed by atoms with Crippen LogP contribution in [0.15, 0.2) is 0 Å². The van der Waals surface area contributed by atoms with Gasteiger partial charge in [0, 0.05) is 76.5 Å². The van der Waals surface area contributed by atoms with Gasteiger partial charge in [-0.15, -0.1) is 0 Å². The number of nitrogens with one attached hydrogen (secondary N) is 13. The lowest BCUT2D eigenvalue weighted by molar-refractivity contribution is 0.109. The molecule has 15 rings (SSSR count). The lowest BCUT2D eigenvalue weighted by Gasteiger charge is -2.35. The van der Waals surface area contributed by atoms with Gasteiger partial charge in [-0.05, 0) is 225 Å². The number of fused-ring (bicyclic) bond motifs is 5. The monoisotopic (exact) mass is 1200 g/mol. The fourth-order valence-corrected chi connectivity index (χ4v) is 11.9. The molecule has 4 unspecified atom stereocenters. The van der Waals surface area contributed by atoms with Crippen molar-refractivity contribution in [3.63, 3.8) is 0 Å². The smallest absolute Gasteiger partial charge is 0.0591 e. The van der Waals surface area contributed by atoms with E-state index in [2.05, 4.69) is 69.1 Å². The minimum Gasteiger partial charge on any atom is -0.379 e. The maximum Gasteiger partial charge on any atom is 0.0591 e. The SMILES string of the molecule is C.C.C.C.C.C.C.C1CC2CCC(C1)N2.C1CC2CCCC(C1)N2.C1CCCCC1.C1CCCNCC1.C1CCCNCC1.C1CCNC1.C1CCNCC1.C1CNC1.C1CNCCN1.C1CNCCNC1.C1COCCN1.C1NCC2CC12. The molecule has 13 aliphatic heterocycles. The molecule has 14 heteroatoms. The van der Waals surface area contributed by atoms with Gasteiger partial charge in [0.1, 0.15) is 0 Å². The minimum atomic E-state index is 0. The molecule has 13 heterocycles. The van der Waals surface area contributed by atoms with Crippen LogP contribution in [0.3, 0.4) is 0 Å². The maximum absolute atomic E-state index is 5.01. The zero-order valence-corrected chi connectivity index (χ0v) is 50.7. The quantitative estimate of drug-likeness (QED) is 0.111. The molecule has 0 spiro atoms. The highest BCUT2D eigenvalue weighted by molar-refractivity contribution is 4.94. The summed E-state index contributed by atoms with van der Waals surface area (Å²) < 4.78 is 5.01. The van der Waals surface area contributed by atoms with Crippen molar-refractivity contribution in [3.8, 4) is 0 Å². The molecule has 13 saturated heterocycles. The highest BCUT2D eigenvalue weighted by atomic mass is 16.5. The first-order valence-corrected chi connectivity index (χ1v) is 34.2. The normalized spacial score (nSPS) is 28.0. The van der Waals surface area contributed by atoms with Crippen LogP contribution < -0.4 is 69.1 Å². The molecule has 2 saturated carbocycles. The van der Waals surface area contributed by atoms with Gasteiger partial charge in [0.25, 0.3) is 0 Å². The summed E-state index contributed by atoms with van der Waals surface area (Å²) in [6, 6.07) is 3.62. The predicted octanol–water partition coefficient (Wildman–Crippen LogP) is 11.8.